The number of carbonyl (C=O) groups excluding carboxylic acids is 1. The van der Waals surface area contributed by atoms with E-state index >= 15 is 0 Å². The molecule has 8 heteroatoms. The fraction of sp³-hybridized carbons (Fsp3) is 0.409. The summed E-state index contributed by atoms with van der Waals surface area (Å²) in [7, 11) is -0.571. The summed E-state index contributed by atoms with van der Waals surface area (Å²) < 4.78 is 36.9. The van der Waals surface area contributed by atoms with E-state index < -0.39 is 16.1 Å². The minimum Gasteiger partial charge on any atom is -0.493 e. The summed E-state index contributed by atoms with van der Waals surface area (Å²) >= 11 is 0. The van der Waals surface area contributed by atoms with Crippen molar-refractivity contribution in [3.63, 3.8) is 0 Å². The molecule has 2 aromatic carbocycles. The summed E-state index contributed by atoms with van der Waals surface area (Å²) in [6.07, 6.45) is 1.44. The van der Waals surface area contributed by atoms with Gasteiger partial charge in [-0.05, 0) is 50.1 Å². The monoisotopic (exact) mass is 434 g/mol. The molecule has 0 aliphatic rings. The predicted molar refractivity (Wildman–Crippen MR) is 119 cm³/mol. The molecule has 7 nitrogen and oxygen atoms in total. The molecule has 0 unspecified atom stereocenters. The van der Waals surface area contributed by atoms with Gasteiger partial charge in [0.15, 0.2) is 11.5 Å². The third kappa shape index (κ3) is 5.44. The lowest BCUT2D eigenvalue weighted by Gasteiger charge is -2.31. The van der Waals surface area contributed by atoms with Crippen molar-refractivity contribution in [2.45, 2.75) is 39.3 Å². The summed E-state index contributed by atoms with van der Waals surface area (Å²) in [5.41, 5.74) is 2.28. The van der Waals surface area contributed by atoms with Crippen LogP contribution in [0.15, 0.2) is 42.5 Å². The number of methoxy groups -OCH3 is 2. The van der Waals surface area contributed by atoms with Gasteiger partial charge in [-0.2, -0.15) is 0 Å². The summed E-state index contributed by atoms with van der Waals surface area (Å²) in [4.78, 5) is 13.1. The molecule has 0 fully saturated rings. The average molecular weight is 435 g/mol. The zero-order valence-corrected chi connectivity index (χ0v) is 19.1. The Bertz CT molecular complexity index is 974. The third-order valence-corrected chi connectivity index (χ3v) is 6.06. The van der Waals surface area contributed by atoms with Crippen LogP contribution in [0.4, 0.5) is 5.69 Å². The molecule has 0 aromatic heterocycles. The molecule has 2 rings (SSSR count). The van der Waals surface area contributed by atoms with Crippen molar-refractivity contribution < 1.29 is 22.7 Å². The van der Waals surface area contributed by atoms with Gasteiger partial charge in [0, 0.05) is 0 Å². The Morgan fingerprint density at radius 2 is 1.67 bits per heavy atom. The Kier molecular flexibility index (Phi) is 7.72. The molecule has 2 atom stereocenters. The third-order valence-electron chi connectivity index (χ3n) is 4.88. The maximum absolute atomic E-state index is 13.1. The van der Waals surface area contributed by atoms with Gasteiger partial charge in [-0.1, -0.05) is 30.7 Å². The molecule has 0 saturated heterocycles. The van der Waals surface area contributed by atoms with Crippen molar-refractivity contribution in [1.82, 2.24) is 5.32 Å². The maximum Gasteiger partial charge on any atom is 0.244 e. The summed E-state index contributed by atoms with van der Waals surface area (Å²) in [5, 5.41) is 2.93. The number of ether oxygens (including phenoxy) is 2. The number of rotatable bonds is 9. The molecule has 0 saturated carbocycles. The van der Waals surface area contributed by atoms with E-state index in [0.29, 0.717) is 23.6 Å². The number of anilines is 1. The first-order valence-electron chi connectivity index (χ1n) is 9.70. The highest BCUT2D eigenvalue weighted by molar-refractivity contribution is 7.92. The number of nitrogens with one attached hydrogen (secondary N) is 1. The topological polar surface area (TPSA) is 84.9 Å². The minimum atomic E-state index is -3.67. The van der Waals surface area contributed by atoms with Gasteiger partial charge in [0.05, 0.1) is 32.2 Å². The number of sulfonamides is 1. The Hall–Kier alpha value is -2.74. The molecule has 1 N–H and O–H groups in total. The van der Waals surface area contributed by atoms with E-state index in [9.17, 15) is 13.2 Å². The Balaban J connectivity index is 2.30. The van der Waals surface area contributed by atoms with Gasteiger partial charge in [0.1, 0.15) is 6.04 Å². The molecule has 2 aromatic rings. The van der Waals surface area contributed by atoms with Crippen molar-refractivity contribution in [2.24, 2.45) is 0 Å². The lowest BCUT2D eigenvalue weighted by atomic mass is 10.1. The van der Waals surface area contributed by atoms with E-state index in [1.807, 2.05) is 32.0 Å². The SMILES string of the molecule is CC[C@H](C(=O)N[C@H](C)c1ccc(OC)c(OC)c1)N(c1ccc(C)cc1)S(C)(=O)=O. The summed E-state index contributed by atoms with van der Waals surface area (Å²) in [5.74, 6) is 0.778. The lowest BCUT2D eigenvalue weighted by Crippen LogP contribution is -2.49. The van der Waals surface area contributed by atoms with Crippen molar-refractivity contribution in [3.05, 3.63) is 53.6 Å². The highest BCUT2D eigenvalue weighted by Gasteiger charge is 2.32. The second-order valence-corrected chi connectivity index (χ2v) is 9.02. The van der Waals surface area contributed by atoms with Crippen molar-refractivity contribution in [2.75, 3.05) is 24.8 Å². The van der Waals surface area contributed by atoms with Gasteiger partial charge in [-0.3, -0.25) is 9.10 Å². The van der Waals surface area contributed by atoms with Gasteiger partial charge in [0.25, 0.3) is 0 Å². The minimum absolute atomic E-state index is 0.325. The average Bonchev–Trinajstić information content (AvgIpc) is 2.71. The van der Waals surface area contributed by atoms with E-state index in [2.05, 4.69) is 5.32 Å². The first-order chi connectivity index (χ1) is 14.1. The van der Waals surface area contributed by atoms with Crippen LogP contribution >= 0.6 is 0 Å². The molecule has 1 amide bonds. The van der Waals surface area contributed by atoms with Crippen molar-refractivity contribution >= 4 is 21.6 Å². The van der Waals surface area contributed by atoms with Gasteiger partial charge < -0.3 is 14.8 Å². The molecule has 0 radical (unpaired) electrons. The second-order valence-electron chi connectivity index (χ2n) is 7.16. The maximum atomic E-state index is 13.1. The number of benzene rings is 2. The Morgan fingerprint density at radius 3 is 2.17 bits per heavy atom. The highest BCUT2D eigenvalue weighted by atomic mass is 32.2. The number of amides is 1. The van der Waals surface area contributed by atoms with E-state index in [1.165, 1.54) is 4.31 Å². The van der Waals surface area contributed by atoms with Gasteiger partial charge >= 0.3 is 0 Å². The zero-order chi connectivity index (χ0) is 22.5. The molecule has 0 aliphatic heterocycles. The Morgan fingerprint density at radius 1 is 1.07 bits per heavy atom. The van der Waals surface area contributed by atoms with Crippen LogP contribution in [0.5, 0.6) is 11.5 Å². The molecular weight excluding hydrogens is 404 g/mol. The van der Waals surface area contributed by atoms with E-state index in [0.717, 1.165) is 17.4 Å². The Labute approximate surface area is 179 Å². The summed E-state index contributed by atoms with van der Waals surface area (Å²) in [6.45, 7) is 5.55. The van der Waals surface area contributed by atoms with Crippen LogP contribution in [-0.2, 0) is 14.8 Å². The molecule has 0 heterocycles. The fourth-order valence-corrected chi connectivity index (χ4v) is 4.48. The smallest absolute Gasteiger partial charge is 0.244 e. The van der Waals surface area contributed by atoms with Crippen molar-refractivity contribution in [3.8, 4) is 11.5 Å². The van der Waals surface area contributed by atoms with E-state index in [4.69, 9.17) is 9.47 Å². The normalized spacial score (nSPS) is 13.3. The van der Waals surface area contributed by atoms with Gasteiger partial charge in [-0.15, -0.1) is 0 Å². The number of carbonyl (C=O) groups is 1. The molecule has 0 spiro atoms. The largest absolute Gasteiger partial charge is 0.493 e. The van der Waals surface area contributed by atoms with Crippen LogP contribution in [0, 0.1) is 6.92 Å². The molecule has 164 valence electrons. The first kappa shape index (κ1) is 23.5. The van der Waals surface area contributed by atoms with Crippen molar-refractivity contribution in [1.29, 1.82) is 0 Å². The zero-order valence-electron chi connectivity index (χ0n) is 18.3. The quantitative estimate of drug-likeness (QED) is 0.654. The van der Waals surface area contributed by atoms with Crippen LogP contribution in [0.1, 0.15) is 37.4 Å². The number of aryl methyl sites for hydroxylation is 1. The number of hydrogen-bond acceptors (Lipinski definition) is 5. The summed E-state index contributed by atoms with van der Waals surface area (Å²) in [6, 6.07) is 11.2. The van der Waals surface area contributed by atoms with Crippen LogP contribution < -0.4 is 19.1 Å². The second kappa shape index (κ2) is 9.84. The van der Waals surface area contributed by atoms with E-state index in [-0.39, 0.29) is 11.9 Å². The molecule has 30 heavy (non-hydrogen) atoms. The molecule has 0 aliphatic carbocycles. The van der Waals surface area contributed by atoms with Crippen LogP contribution in [0.2, 0.25) is 0 Å². The van der Waals surface area contributed by atoms with Gasteiger partial charge in [-0.25, -0.2) is 8.42 Å². The van der Waals surface area contributed by atoms with Gasteiger partial charge in [0.2, 0.25) is 15.9 Å². The standard InChI is InChI=1S/C22H30N2O5S/c1-7-19(24(30(6,26)27)18-11-8-15(2)9-12-18)22(25)23-16(3)17-10-13-20(28-4)21(14-17)29-5/h8-14,16,19H,7H2,1-6H3,(H,23,25)/t16-,19-/m1/s1. The van der Waals surface area contributed by atoms with E-state index in [1.54, 1.807) is 45.4 Å². The lowest BCUT2D eigenvalue weighted by molar-refractivity contribution is -0.122. The highest BCUT2D eigenvalue weighted by Crippen LogP contribution is 2.30. The molecule has 0 bridgehead atoms. The number of nitrogens with zero attached hydrogens (tertiary/aromatic N) is 1. The van der Waals surface area contributed by atoms with Crippen LogP contribution in [-0.4, -0.2) is 40.8 Å². The predicted octanol–water partition coefficient (Wildman–Crippen LogP) is 3.43. The number of hydrogen-bond donors (Lipinski definition) is 1. The molecular formula is C22H30N2O5S. The fourth-order valence-electron chi connectivity index (χ4n) is 3.27. The first-order valence-corrected chi connectivity index (χ1v) is 11.6. The van der Waals surface area contributed by atoms with Crippen LogP contribution in [0.3, 0.4) is 0 Å². The van der Waals surface area contributed by atoms with Crippen LogP contribution in [0.25, 0.3) is 0 Å².